The van der Waals surface area contributed by atoms with Crippen molar-refractivity contribution in [3.63, 3.8) is 0 Å². The minimum absolute atomic E-state index is 0.149. The van der Waals surface area contributed by atoms with Crippen molar-refractivity contribution in [1.29, 1.82) is 0 Å². The summed E-state index contributed by atoms with van der Waals surface area (Å²) in [6.07, 6.45) is 1.13. The summed E-state index contributed by atoms with van der Waals surface area (Å²) in [5, 5.41) is 2.84. The third-order valence-corrected chi connectivity index (χ3v) is 6.74. The monoisotopic (exact) mass is 434 g/mol. The number of amides is 1. The number of nitrogens with one attached hydrogen (secondary N) is 1. The van der Waals surface area contributed by atoms with Crippen LogP contribution in [-0.4, -0.2) is 39.4 Å². The molecule has 7 heteroatoms. The molecule has 2 aromatic carbocycles. The second kappa shape index (κ2) is 10.7. The first kappa shape index (κ1) is 23.3. The van der Waals surface area contributed by atoms with Crippen LogP contribution in [-0.2, 0) is 20.6 Å². The number of anilines is 1. The van der Waals surface area contributed by atoms with Crippen LogP contribution in [0.1, 0.15) is 36.5 Å². The summed E-state index contributed by atoms with van der Waals surface area (Å²) in [7, 11) is -3.58. The van der Waals surface area contributed by atoms with Crippen molar-refractivity contribution in [2.45, 2.75) is 32.4 Å². The minimum atomic E-state index is -3.58. The van der Waals surface area contributed by atoms with E-state index in [1.54, 1.807) is 23.9 Å². The van der Waals surface area contributed by atoms with Crippen LogP contribution in [0.2, 0.25) is 0 Å². The van der Waals surface area contributed by atoms with Gasteiger partial charge in [0.1, 0.15) is 6.54 Å². The van der Waals surface area contributed by atoms with Gasteiger partial charge in [0.25, 0.3) is 0 Å². The van der Waals surface area contributed by atoms with Crippen LogP contribution >= 0.6 is 11.8 Å². The van der Waals surface area contributed by atoms with E-state index in [0.29, 0.717) is 12.2 Å². The Morgan fingerprint density at radius 1 is 1.10 bits per heavy atom. The molecule has 158 valence electrons. The van der Waals surface area contributed by atoms with E-state index in [1.807, 2.05) is 38.1 Å². The van der Waals surface area contributed by atoms with Gasteiger partial charge in [-0.05, 0) is 35.6 Å². The zero-order valence-corrected chi connectivity index (χ0v) is 19.1. The Labute approximate surface area is 178 Å². The number of carbonyl (C=O) groups is 1. The molecule has 0 spiro atoms. The number of hydrogen-bond acceptors (Lipinski definition) is 4. The van der Waals surface area contributed by atoms with Gasteiger partial charge >= 0.3 is 0 Å². The fourth-order valence-corrected chi connectivity index (χ4v) is 4.80. The lowest BCUT2D eigenvalue weighted by atomic mass is 10.0. The van der Waals surface area contributed by atoms with Crippen LogP contribution < -0.4 is 9.62 Å². The number of rotatable bonds is 10. The number of para-hydroxylation sites is 1. The first-order valence-corrected chi connectivity index (χ1v) is 12.7. The molecule has 1 amide bonds. The van der Waals surface area contributed by atoms with Crippen molar-refractivity contribution in [3.05, 3.63) is 65.2 Å². The van der Waals surface area contributed by atoms with E-state index in [9.17, 15) is 13.2 Å². The van der Waals surface area contributed by atoms with E-state index in [4.69, 9.17) is 0 Å². The van der Waals surface area contributed by atoms with Crippen LogP contribution in [0, 0.1) is 6.92 Å². The van der Waals surface area contributed by atoms with Gasteiger partial charge in [-0.3, -0.25) is 9.10 Å². The maximum absolute atomic E-state index is 12.4. The highest BCUT2D eigenvalue weighted by atomic mass is 32.2. The number of carbonyl (C=O) groups excluding carboxylic acids is 1. The molecule has 1 N–H and O–H groups in total. The van der Waals surface area contributed by atoms with Gasteiger partial charge in [-0.2, -0.15) is 11.8 Å². The van der Waals surface area contributed by atoms with Crippen LogP contribution in [0.5, 0.6) is 0 Å². The Balaban J connectivity index is 1.92. The number of aryl methyl sites for hydroxylation is 1. The van der Waals surface area contributed by atoms with E-state index in [-0.39, 0.29) is 18.4 Å². The number of nitrogens with zero attached hydrogens (tertiary/aromatic N) is 1. The molecule has 0 saturated carbocycles. The first-order valence-electron chi connectivity index (χ1n) is 9.65. The molecule has 29 heavy (non-hydrogen) atoms. The average Bonchev–Trinajstić information content (AvgIpc) is 2.66. The summed E-state index contributed by atoms with van der Waals surface area (Å²) in [4.78, 5) is 12.4. The summed E-state index contributed by atoms with van der Waals surface area (Å²) >= 11 is 1.74. The van der Waals surface area contributed by atoms with Gasteiger partial charge in [-0.1, -0.05) is 56.3 Å². The second-order valence-electron chi connectivity index (χ2n) is 7.31. The smallest absolute Gasteiger partial charge is 0.240 e. The molecule has 0 fully saturated rings. The average molecular weight is 435 g/mol. The van der Waals surface area contributed by atoms with Crippen molar-refractivity contribution in [3.8, 4) is 0 Å². The number of sulfonamides is 1. The summed E-state index contributed by atoms with van der Waals surface area (Å²) < 4.78 is 25.9. The zero-order chi connectivity index (χ0) is 21.4. The lowest BCUT2D eigenvalue weighted by molar-refractivity contribution is -0.119. The predicted octanol–water partition coefficient (Wildman–Crippen LogP) is 3.93. The Morgan fingerprint density at radius 3 is 2.41 bits per heavy atom. The van der Waals surface area contributed by atoms with Crippen molar-refractivity contribution < 1.29 is 13.2 Å². The van der Waals surface area contributed by atoms with Crippen LogP contribution in [0.25, 0.3) is 0 Å². The molecule has 0 aliphatic carbocycles. The molecule has 2 aromatic rings. The highest BCUT2D eigenvalue weighted by Gasteiger charge is 2.23. The topological polar surface area (TPSA) is 66.5 Å². The third-order valence-electron chi connectivity index (χ3n) is 4.60. The van der Waals surface area contributed by atoms with Crippen molar-refractivity contribution in [2.24, 2.45) is 0 Å². The lowest BCUT2D eigenvalue weighted by Gasteiger charge is -2.25. The molecule has 0 saturated heterocycles. The maximum atomic E-state index is 12.4. The lowest BCUT2D eigenvalue weighted by Crippen LogP contribution is -2.41. The predicted molar refractivity (Wildman–Crippen MR) is 123 cm³/mol. The van der Waals surface area contributed by atoms with E-state index in [0.717, 1.165) is 23.3 Å². The molecule has 0 heterocycles. The Hall–Kier alpha value is -1.99. The number of thioether (sulfide) groups is 1. The second-order valence-corrected chi connectivity index (χ2v) is 10.3. The Kier molecular flexibility index (Phi) is 8.59. The highest BCUT2D eigenvalue weighted by Crippen LogP contribution is 2.28. The zero-order valence-electron chi connectivity index (χ0n) is 17.5. The molecule has 0 bridgehead atoms. The van der Waals surface area contributed by atoms with Crippen LogP contribution in [0.4, 0.5) is 5.69 Å². The fourth-order valence-electron chi connectivity index (χ4n) is 2.99. The van der Waals surface area contributed by atoms with E-state index < -0.39 is 10.0 Å². The largest absolute Gasteiger partial charge is 0.354 e. The molecular weight excluding hydrogens is 404 g/mol. The summed E-state index contributed by atoms with van der Waals surface area (Å²) in [6, 6.07) is 15.6. The highest BCUT2D eigenvalue weighted by molar-refractivity contribution is 7.98. The van der Waals surface area contributed by atoms with E-state index in [2.05, 4.69) is 24.4 Å². The molecule has 0 radical (unpaired) electrons. The van der Waals surface area contributed by atoms with Crippen molar-refractivity contribution in [2.75, 3.05) is 29.4 Å². The van der Waals surface area contributed by atoms with Gasteiger partial charge in [0.15, 0.2) is 0 Å². The summed E-state index contributed by atoms with van der Waals surface area (Å²) in [5.74, 6) is 1.50. The first-order chi connectivity index (χ1) is 13.7. The number of hydrogen-bond donors (Lipinski definition) is 1. The minimum Gasteiger partial charge on any atom is -0.354 e. The van der Waals surface area contributed by atoms with Gasteiger partial charge in [-0.15, -0.1) is 0 Å². The van der Waals surface area contributed by atoms with Gasteiger partial charge < -0.3 is 5.32 Å². The van der Waals surface area contributed by atoms with E-state index in [1.165, 1.54) is 15.4 Å². The third kappa shape index (κ3) is 7.08. The molecule has 5 nitrogen and oxygen atoms in total. The summed E-state index contributed by atoms with van der Waals surface area (Å²) in [6.45, 7) is 6.38. The quantitative estimate of drug-likeness (QED) is 0.575. The molecule has 0 aliphatic heterocycles. The Morgan fingerprint density at radius 2 is 1.76 bits per heavy atom. The van der Waals surface area contributed by atoms with Crippen molar-refractivity contribution >= 4 is 33.4 Å². The van der Waals surface area contributed by atoms with Crippen molar-refractivity contribution in [1.82, 2.24) is 5.32 Å². The van der Waals surface area contributed by atoms with Gasteiger partial charge in [0.05, 0.1) is 11.9 Å². The molecule has 0 aromatic heterocycles. The molecule has 0 unspecified atom stereocenters. The van der Waals surface area contributed by atoms with E-state index >= 15 is 0 Å². The van der Waals surface area contributed by atoms with Gasteiger partial charge in [0.2, 0.25) is 15.9 Å². The summed E-state index contributed by atoms with van der Waals surface area (Å²) in [5.41, 5.74) is 4.02. The van der Waals surface area contributed by atoms with Gasteiger partial charge in [-0.25, -0.2) is 8.42 Å². The molecule has 2 rings (SSSR count). The SMILES string of the molecule is Cc1ccccc1CSCCNC(=O)CN(c1ccccc1C(C)C)S(C)(=O)=O. The van der Waals surface area contributed by atoms with Crippen LogP contribution in [0.15, 0.2) is 48.5 Å². The Bertz CT molecular complexity index is 927. The van der Waals surface area contributed by atoms with Gasteiger partial charge in [0, 0.05) is 18.1 Å². The molecule has 0 atom stereocenters. The normalized spacial score (nSPS) is 11.5. The molecule has 0 aliphatic rings. The standard InChI is InChI=1S/C22H30N2O3S2/c1-17(2)20-11-7-8-12-21(20)24(29(4,26)27)15-22(25)23-13-14-28-16-19-10-6-5-9-18(19)3/h5-12,17H,13-16H2,1-4H3,(H,23,25). The number of benzene rings is 2. The molecular formula is C22H30N2O3S2. The fraction of sp³-hybridized carbons (Fsp3) is 0.409. The van der Waals surface area contributed by atoms with Crippen LogP contribution in [0.3, 0.4) is 0 Å². The maximum Gasteiger partial charge on any atom is 0.240 e.